The number of aliphatic hydroxyl groups excluding tert-OH is 1. The van der Waals surface area contributed by atoms with Gasteiger partial charge in [0.15, 0.2) is 5.89 Å². The highest BCUT2D eigenvalue weighted by Crippen LogP contribution is 2.07. The van der Waals surface area contributed by atoms with Crippen LogP contribution in [0.5, 0.6) is 0 Å². The Labute approximate surface area is 71.6 Å². The summed E-state index contributed by atoms with van der Waals surface area (Å²) in [5.74, 6) is 1.54. The van der Waals surface area contributed by atoms with E-state index in [0.29, 0.717) is 19.0 Å². The van der Waals surface area contributed by atoms with Crippen LogP contribution in [0.2, 0.25) is 0 Å². The van der Waals surface area contributed by atoms with Crippen LogP contribution >= 0.6 is 0 Å². The van der Waals surface area contributed by atoms with Gasteiger partial charge >= 0.3 is 0 Å². The quantitative estimate of drug-likeness (QED) is 0.641. The second-order valence-corrected chi connectivity index (χ2v) is 2.64. The first-order valence-electron chi connectivity index (χ1n) is 3.98. The number of aromatic nitrogens is 1. The number of oxazole rings is 1. The fraction of sp³-hybridized carbons (Fsp3) is 0.625. The lowest BCUT2D eigenvalue weighted by Crippen LogP contribution is -2.17. The number of aliphatic hydroxyl groups is 1. The van der Waals surface area contributed by atoms with E-state index in [-0.39, 0.29) is 6.61 Å². The van der Waals surface area contributed by atoms with Crippen LogP contribution < -0.4 is 5.32 Å². The Bertz CT molecular complexity index is 245. The molecular formula is C8H14N2O2. The van der Waals surface area contributed by atoms with E-state index in [0.717, 1.165) is 11.5 Å². The van der Waals surface area contributed by atoms with E-state index in [1.807, 2.05) is 13.8 Å². The monoisotopic (exact) mass is 170 g/mol. The molecule has 2 N–H and O–H groups in total. The Morgan fingerprint density at radius 3 is 2.75 bits per heavy atom. The second-order valence-electron chi connectivity index (χ2n) is 2.64. The molecule has 0 amide bonds. The van der Waals surface area contributed by atoms with Crippen LogP contribution in [0.25, 0.3) is 0 Å². The van der Waals surface area contributed by atoms with Gasteiger partial charge in [0.05, 0.1) is 18.8 Å². The first-order chi connectivity index (χ1) is 5.74. The molecule has 0 aliphatic rings. The fourth-order valence-corrected chi connectivity index (χ4v) is 1.02. The van der Waals surface area contributed by atoms with Crippen molar-refractivity contribution in [3.05, 3.63) is 17.3 Å². The van der Waals surface area contributed by atoms with Crippen LogP contribution in [0.4, 0.5) is 0 Å². The molecule has 1 aromatic heterocycles. The highest BCUT2D eigenvalue weighted by molar-refractivity contribution is 5.06. The first kappa shape index (κ1) is 9.22. The summed E-state index contributed by atoms with van der Waals surface area (Å²) in [6, 6.07) is 0. The van der Waals surface area contributed by atoms with Crippen LogP contribution in [-0.4, -0.2) is 23.2 Å². The summed E-state index contributed by atoms with van der Waals surface area (Å²) in [5.41, 5.74) is 0.915. The van der Waals surface area contributed by atoms with Crippen LogP contribution in [0, 0.1) is 13.8 Å². The predicted octanol–water partition coefficient (Wildman–Crippen LogP) is 0.373. The van der Waals surface area contributed by atoms with Gasteiger partial charge in [0.25, 0.3) is 0 Å². The van der Waals surface area contributed by atoms with Gasteiger partial charge < -0.3 is 14.8 Å². The third-order valence-corrected chi connectivity index (χ3v) is 1.57. The van der Waals surface area contributed by atoms with Crippen molar-refractivity contribution in [1.29, 1.82) is 0 Å². The minimum Gasteiger partial charge on any atom is -0.444 e. The van der Waals surface area contributed by atoms with Crippen LogP contribution in [0.15, 0.2) is 4.42 Å². The normalized spacial score (nSPS) is 10.6. The number of nitrogens with one attached hydrogen (secondary N) is 1. The van der Waals surface area contributed by atoms with Gasteiger partial charge in [-0.2, -0.15) is 0 Å². The third kappa shape index (κ3) is 2.32. The molecule has 0 bridgehead atoms. The van der Waals surface area contributed by atoms with Crippen molar-refractivity contribution < 1.29 is 9.52 Å². The predicted molar refractivity (Wildman–Crippen MR) is 44.8 cm³/mol. The molecule has 0 aliphatic heterocycles. The van der Waals surface area contributed by atoms with Gasteiger partial charge in [-0.05, 0) is 6.92 Å². The standard InChI is InChI=1S/C8H14N2O2/c1-6-8(5-9-3-4-11)12-7(2)10-6/h9,11H,3-5H2,1-2H3. The lowest BCUT2D eigenvalue weighted by molar-refractivity contribution is 0.289. The summed E-state index contributed by atoms with van der Waals surface area (Å²) in [6.45, 7) is 5.09. The molecule has 1 aromatic rings. The number of nitrogens with zero attached hydrogens (tertiary/aromatic N) is 1. The minimum atomic E-state index is 0.145. The molecule has 0 unspecified atom stereocenters. The van der Waals surface area contributed by atoms with E-state index < -0.39 is 0 Å². The average Bonchev–Trinajstić information content (AvgIpc) is 2.31. The van der Waals surface area contributed by atoms with Crippen molar-refractivity contribution >= 4 is 0 Å². The van der Waals surface area contributed by atoms with E-state index in [1.54, 1.807) is 0 Å². The molecule has 0 aromatic carbocycles. The van der Waals surface area contributed by atoms with Gasteiger partial charge in [-0.3, -0.25) is 0 Å². The maximum atomic E-state index is 8.51. The van der Waals surface area contributed by atoms with E-state index >= 15 is 0 Å². The molecule has 1 rings (SSSR count). The molecule has 0 atom stereocenters. The Morgan fingerprint density at radius 2 is 2.25 bits per heavy atom. The summed E-state index contributed by atoms with van der Waals surface area (Å²) in [4.78, 5) is 4.12. The summed E-state index contributed by atoms with van der Waals surface area (Å²) >= 11 is 0. The molecule has 4 heteroatoms. The molecule has 68 valence electrons. The van der Waals surface area contributed by atoms with Crippen LogP contribution in [0.3, 0.4) is 0 Å². The highest BCUT2D eigenvalue weighted by atomic mass is 16.4. The molecule has 1 heterocycles. The number of aryl methyl sites for hydroxylation is 2. The fourth-order valence-electron chi connectivity index (χ4n) is 1.02. The van der Waals surface area contributed by atoms with Crippen molar-refractivity contribution in [3.63, 3.8) is 0 Å². The molecule has 0 aliphatic carbocycles. The van der Waals surface area contributed by atoms with Gasteiger partial charge in [0.2, 0.25) is 0 Å². The molecule has 0 saturated carbocycles. The van der Waals surface area contributed by atoms with Crippen molar-refractivity contribution in [3.8, 4) is 0 Å². The number of hydrogen-bond donors (Lipinski definition) is 2. The number of hydrogen-bond acceptors (Lipinski definition) is 4. The second kappa shape index (κ2) is 4.23. The Morgan fingerprint density at radius 1 is 1.50 bits per heavy atom. The van der Waals surface area contributed by atoms with E-state index in [9.17, 15) is 0 Å². The minimum absolute atomic E-state index is 0.145. The zero-order valence-corrected chi connectivity index (χ0v) is 7.42. The molecule has 12 heavy (non-hydrogen) atoms. The molecule has 0 saturated heterocycles. The Balaban J connectivity index is 2.45. The van der Waals surface area contributed by atoms with E-state index in [4.69, 9.17) is 9.52 Å². The summed E-state index contributed by atoms with van der Waals surface area (Å²) in [7, 11) is 0. The Hall–Kier alpha value is -0.870. The SMILES string of the molecule is Cc1nc(C)c(CNCCO)o1. The zero-order valence-electron chi connectivity index (χ0n) is 7.42. The van der Waals surface area contributed by atoms with Crippen molar-refractivity contribution in [2.75, 3.05) is 13.2 Å². The first-order valence-corrected chi connectivity index (χ1v) is 3.98. The topological polar surface area (TPSA) is 58.3 Å². The molecular weight excluding hydrogens is 156 g/mol. The van der Waals surface area contributed by atoms with E-state index in [2.05, 4.69) is 10.3 Å². The lowest BCUT2D eigenvalue weighted by atomic mass is 10.4. The average molecular weight is 170 g/mol. The lowest BCUT2D eigenvalue weighted by Gasteiger charge is -1.98. The molecule has 4 nitrogen and oxygen atoms in total. The van der Waals surface area contributed by atoms with Crippen molar-refractivity contribution in [1.82, 2.24) is 10.3 Å². The van der Waals surface area contributed by atoms with Gasteiger partial charge in [-0.15, -0.1) is 0 Å². The largest absolute Gasteiger partial charge is 0.444 e. The van der Waals surface area contributed by atoms with Gasteiger partial charge in [0.1, 0.15) is 5.76 Å². The number of rotatable bonds is 4. The van der Waals surface area contributed by atoms with Crippen molar-refractivity contribution in [2.24, 2.45) is 0 Å². The third-order valence-electron chi connectivity index (χ3n) is 1.57. The summed E-state index contributed by atoms with van der Waals surface area (Å²) in [6.07, 6.45) is 0. The Kier molecular flexibility index (Phi) is 3.25. The molecule has 0 radical (unpaired) electrons. The maximum absolute atomic E-state index is 8.51. The van der Waals surface area contributed by atoms with Gasteiger partial charge in [-0.1, -0.05) is 0 Å². The summed E-state index contributed by atoms with van der Waals surface area (Å²) < 4.78 is 5.31. The molecule has 0 fully saturated rings. The van der Waals surface area contributed by atoms with Gasteiger partial charge in [0, 0.05) is 13.5 Å². The van der Waals surface area contributed by atoms with Gasteiger partial charge in [-0.25, -0.2) is 4.98 Å². The smallest absolute Gasteiger partial charge is 0.191 e. The van der Waals surface area contributed by atoms with Crippen LogP contribution in [0.1, 0.15) is 17.3 Å². The van der Waals surface area contributed by atoms with Crippen LogP contribution in [-0.2, 0) is 6.54 Å². The van der Waals surface area contributed by atoms with E-state index in [1.165, 1.54) is 0 Å². The maximum Gasteiger partial charge on any atom is 0.191 e. The van der Waals surface area contributed by atoms with Crippen molar-refractivity contribution in [2.45, 2.75) is 20.4 Å². The molecule has 0 spiro atoms. The highest BCUT2D eigenvalue weighted by Gasteiger charge is 2.04. The summed E-state index contributed by atoms with van der Waals surface area (Å²) in [5, 5.41) is 11.5. The zero-order chi connectivity index (χ0) is 8.97.